The summed E-state index contributed by atoms with van der Waals surface area (Å²) in [6, 6.07) is 0. The van der Waals surface area contributed by atoms with Crippen LogP contribution in [0.5, 0.6) is 0 Å². The van der Waals surface area contributed by atoms with Crippen molar-refractivity contribution >= 4 is 17.5 Å². The maximum absolute atomic E-state index is 10.8. The van der Waals surface area contributed by atoms with Gasteiger partial charge in [0.15, 0.2) is 0 Å². The molecule has 0 aromatic heterocycles. The molecular weight excluding hydrogens is 132 g/mol. The predicted molar refractivity (Wildman–Crippen MR) is 39.3 cm³/mol. The molecule has 0 aromatic rings. The van der Waals surface area contributed by atoms with Gasteiger partial charge in [-0.1, -0.05) is 12.8 Å². The van der Waals surface area contributed by atoms with Crippen molar-refractivity contribution in [1.29, 1.82) is 0 Å². The first-order valence-corrected chi connectivity index (χ1v) is 4.03. The van der Waals surface area contributed by atoms with E-state index in [1.807, 2.05) is 6.92 Å². The van der Waals surface area contributed by atoms with Crippen LogP contribution in [0.1, 0.15) is 13.3 Å². The van der Waals surface area contributed by atoms with Crippen LogP contribution in [-0.2, 0) is 4.79 Å². The average molecular weight is 140 g/mol. The van der Waals surface area contributed by atoms with Gasteiger partial charge in [-0.3, -0.25) is 4.79 Å². The summed E-state index contributed by atoms with van der Waals surface area (Å²) in [6.45, 7) is 2.02. The quantitative estimate of drug-likeness (QED) is 0.400. The highest BCUT2D eigenvalue weighted by Gasteiger charge is 2.16. The van der Waals surface area contributed by atoms with Gasteiger partial charge in [-0.05, 0) is 12.3 Å². The van der Waals surface area contributed by atoms with E-state index in [-0.39, 0.29) is 11.0 Å². The summed E-state index contributed by atoms with van der Waals surface area (Å²) in [5, 5.41) is 0.159. The minimum Gasteiger partial charge on any atom is -0.284 e. The molecule has 1 aliphatic heterocycles. The molecule has 1 nitrogen and oxygen atoms in total. The largest absolute Gasteiger partial charge is 0.284 e. The number of rotatable bonds is 1. The third-order valence-electron chi connectivity index (χ3n) is 1.23. The molecule has 0 bridgehead atoms. The van der Waals surface area contributed by atoms with E-state index in [4.69, 9.17) is 0 Å². The third-order valence-corrected chi connectivity index (χ3v) is 2.49. The van der Waals surface area contributed by atoms with Crippen molar-refractivity contribution in [3.63, 3.8) is 0 Å². The van der Waals surface area contributed by atoms with Gasteiger partial charge < -0.3 is 0 Å². The number of hydrogen-bond acceptors (Lipinski definition) is 2. The summed E-state index contributed by atoms with van der Waals surface area (Å²) in [4.78, 5) is 10.8. The van der Waals surface area contributed by atoms with Gasteiger partial charge in [0, 0.05) is 0 Å². The van der Waals surface area contributed by atoms with E-state index in [1.165, 1.54) is 0 Å². The van der Waals surface area contributed by atoms with Crippen molar-refractivity contribution in [2.45, 2.75) is 18.6 Å². The zero-order valence-corrected chi connectivity index (χ0v) is 6.12. The molecule has 0 spiro atoms. The Morgan fingerprint density at radius 2 is 2.67 bits per heavy atom. The van der Waals surface area contributed by atoms with Crippen LogP contribution in [0.2, 0.25) is 0 Å². The number of carbonyl (C=O) groups is 1. The first kappa shape index (κ1) is 6.70. The van der Waals surface area contributed by atoms with Crippen molar-refractivity contribution in [3.8, 4) is 11.8 Å². The highest BCUT2D eigenvalue weighted by atomic mass is 32.2. The fourth-order valence-corrected chi connectivity index (χ4v) is 1.53. The van der Waals surface area contributed by atoms with Crippen LogP contribution in [0.4, 0.5) is 0 Å². The molecular formula is C7H8OS. The second-order valence-electron chi connectivity index (χ2n) is 1.87. The molecule has 0 amide bonds. The Morgan fingerprint density at radius 3 is 3.11 bits per heavy atom. The van der Waals surface area contributed by atoms with E-state index < -0.39 is 0 Å². The van der Waals surface area contributed by atoms with Gasteiger partial charge in [-0.2, -0.15) is 0 Å². The topological polar surface area (TPSA) is 17.1 Å². The number of Topliss-reactive ketones (excluding diaryl/α,β-unsaturated/α-hetero) is 1. The Kier molecular flexibility index (Phi) is 2.18. The lowest BCUT2D eigenvalue weighted by atomic mass is 10.2. The molecule has 1 unspecified atom stereocenters. The Labute approximate surface area is 59.2 Å². The Balaban J connectivity index is 2.61. The molecule has 1 aliphatic rings. The van der Waals surface area contributed by atoms with Crippen LogP contribution >= 0.6 is 11.8 Å². The van der Waals surface area contributed by atoms with E-state index in [2.05, 4.69) is 11.8 Å². The van der Waals surface area contributed by atoms with E-state index in [0.29, 0.717) is 0 Å². The molecule has 0 N–H and O–H groups in total. The summed E-state index contributed by atoms with van der Waals surface area (Å²) in [6.07, 6.45) is 0.915. The Bertz CT molecular complexity index is 175. The molecule has 0 saturated heterocycles. The molecule has 2 heteroatoms. The Hall–Kier alpha value is -0.420. The van der Waals surface area contributed by atoms with Crippen LogP contribution in [0, 0.1) is 11.8 Å². The second-order valence-corrected chi connectivity index (χ2v) is 3.06. The van der Waals surface area contributed by atoms with Crippen molar-refractivity contribution in [2.24, 2.45) is 0 Å². The van der Waals surface area contributed by atoms with Gasteiger partial charge in [0.2, 0.25) is 5.78 Å². The molecule has 0 saturated carbocycles. The number of ketones is 1. The molecule has 48 valence electrons. The maximum atomic E-state index is 10.8. The molecule has 0 aromatic carbocycles. The highest BCUT2D eigenvalue weighted by Crippen LogP contribution is 2.16. The molecule has 0 fully saturated rings. The van der Waals surface area contributed by atoms with Crippen LogP contribution < -0.4 is 0 Å². The first-order chi connectivity index (χ1) is 4.34. The normalized spacial score (nSPS) is 25.0. The van der Waals surface area contributed by atoms with Crippen LogP contribution in [0.25, 0.3) is 0 Å². The number of hydrogen-bond donors (Lipinski definition) is 0. The van der Waals surface area contributed by atoms with Gasteiger partial charge in [0.1, 0.15) is 0 Å². The molecule has 1 rings (SSSR count). The van der Waals surface area contributed by atoms with Crippen LogP contribution in [0.15, 0.2) is 0 Å². The molecule has 0 aliphatic carbocycles. The summed E-state index contributed by atoms with van der Waals surface area (Å²) in [5.41, 5.74) is 0. The average Bonchev–Trinajstić information content (AvgIpc) is 1.89. The zero-order valence-electron chi connectivity index (χ0n) is 5.31. The molecule has 1 atom stereocenters. The fraction of sp³-hybridized carbons (Fsp3) is 0.571. The molecule has 1 heterocycles. The van der Waals surface area contributed by atoms with E-state index in [9.17, 15) is 4.79 Å². The lowest BCUT2D eigenvalue weighted by Crippen LogP contribution is -2.17. The lowest BCUT2D eigenvalue weighted by molar-refractivity contribution is -0.113. The molecule has 9 heavy (non-hydrogen) atoms. The number of carbonyl (C=O) groups excluding carboxylic acids is 1. The van der Waals surface area contributed by atoms with Crippen LogP contribution in [-0.4, -0.2) is 16.8 Å². The van der Waals surface area contributed by atoms with Gasteiger partial charge in [0.25, 0.3) is 0 Å². The lowest BCUT2D eigenvalue weighted by Gasteiger charge is -2.09. The summed E-state index contributed by atoms with van der Waals surface area (Å²) < 4.78 is 0. The summed E-state index contributed by atoms with van der Waals surface area (Å²) in [7, 11) is 0. The van der Waals surface area contributed by atoms with Gasteiger partial charge in [0.05, 0.1) is 11.0 Å². The number of thioether (sulfide) groups is 1. The van der Waals surface area contributed by atoms with Crippen LogP contribution in [0.3, 0.4) is 0 Å². The van der Waals surface area contributed by atoms with Crippen molar-refractivity contribution in [3.05, 3.63) is 0 Å². The standard InChI is InChI=1S/C7H8OS/c1-2-7-6(8)4-3-5-9-7/h7H,2,5H2,1H3. The van der Waals surface area contributed by atoms with Crippen molar-refractivity contribution in [1.82, 2.24) is 0 Å². The predicted octanol–water partition coefficient (Wildman–Crippen LogP) is 1.08. The second kappa shape index (κ2) is 2.93. The van der Waals surface area contributed by atoms with Crippen molar-refractivity contribution in [2.75, 3.05) is 5.75 Å². The van der Waals surface area contributed by atoms with Gasteiger partial charge in [-0.15, -0.1) is 11.8 Å². The summed E-state index contributed by atoms with van der Waals surface area (Å²) >= 11 is 1.65. The minimum absolute atomic E-state index is 0.105. The fourth-order valence-electron chi connectivity index (χ4n) is 0.725. The van der Waals surface area contributed by atoms with Crippen molar-refractivity contribution < 1.29 is 4.79 Å². The minimum atomic E-state index is 0.105. The van der Waals surface area contributed by atoms with Gasteiger partial charge in [-0.25, -0.2) is 0 Å². The smallest absolute Gasteiger partial charge is 0.218 e. The molecule has 0 radical (unpaired) electrons. The van der Waals surface area contributed by atoms with E-state index in [1.54, 1.807) is 11.8 Å². The van der Waals surface area contributed by atoms with Gasteiger partial charge >= 0.3 is 0 Å². The SMILES string of the molecule is CCC1SCC#CC1=O. The zero-order chi connectivity index (χ0) is 6.69. The Morgan fingerprint density at radius 1 is 1.89 bits per heavy atom. The monoisotopic (exact) mass is 140 g/mol. The highest BCUT2D eigenvalue weighted by molar-refractivity contribution is 8.00. The maximum Gasteiger partial charge on any atom is 0.218 e. The van der Waals surface area contributed by atoms with E-state index in [0.717, 1.165) is 12.2 Å². The first-order valence-electron chi connectivity index (χ1n) is 2.99. The third kappa shape index (κ3) is 1.49. The van der Waals surface area contributed by atoms with E-state index >= 15 is 0 Å². The summed E-state index contributed by atoms with van der Waals surface area (Å²) in [5.74, 6) is 6.26.